The SMILES string of the molecule is C1=Cc2cc3ccc(cc4nc(cc5ccc(cc1n2)[nH]5)C=C4)[nH]3.[Cd].[SiH4].c1ccc2c(c1)Cc1ccccc1-2.c1cnc2sccc2n1. The summed E-state index contributed by atoms with van der Waals surface area (Å²) in [5.74, 6) is 0. The molecule has 230 valence electrons. The fourth-order valence-electron chi connectivity index (χ4n) is 5.73. The van der Waals surface area contributed by atoms with Gasteiger partial charge in [-0.1, -0.05) is 48.5 Å². The molecule has 5 aromatic heterocycles. The molecule has 0 radical (unpaired) electrons. The molecule has 0 spiro atoms. The Kier molecular flexibility index (Phi) is 10.3. The van der Waals surface area contributed by atoms with Crippen LogP contribution in [0.25, 0.3) is 67.8 Å². The van der Waals surface area contributed by atoms with Crippen LogP contribution in [0.15, 0.2) is 121 Å². The number of benzene rings is 2. The van der Waals surface area contributed by atoms with Crippen molar-refractivity contribution < 1.29 is 27.3 Å². The first-order chi connectivity index (χ1) is 22.7. The van der Waals surface area contributed by atoms with E-state index in [2.05, 4.69) is 103 Å². The predicted octanol–water partition coefficient (Wildman–Crippen LogP) is 8.15. The van der Waals surface area contributed by atoms with Gasteiger partial charge in [0.1, 0.15) is 4.83 Å². The number of thiophene rings is 1. The van der Waals surface area contributed by atoms with Crippen molar-refractivity contribution in [3.8, 4) is 11.1 Å². The first-order valence-corrected chi connectivity index (χ1v) is 15.9. The summed E-state index contributed by atoms with van der Waals surface area (Å²) in [6, 6.07) is 35.6. The maximum absolute atomic E-state index is 4.63. The van der Waals surface area contributed by atoms with Crippen molar-refractivity contribution in [1.82, 2.24) is 29.9 Å². The summed E-state index contributed by atoms with van der Waals surface area (Å²) < 4.78 is 0. The molecule has 3 aliphatic rings. The number of fused-ring (bicyclic) bond motifs is 12. The fourth-order valence-corrected chi connectivity index (χ4v) is 6.42. The zero-order chi connectivity index (χ0) is 30.7. The minimum atomic E-state index is 0. The van der Waals surface area contributed by atoms with Gasteiger partial charge in [-0.2, -0.15) is 0 Å². The molecular formula is C39H32CdN6SSi. The van der Waals surface area contributed by atoms with Gasteiger partial charge >= 0.3 is 0 Å². The monoisotopic (exact) mass is 758 g/mol. The van der Waals surface area contributed by atoms with Crippen molar-refractivity contribution in [1.29, 1.82) is 0 Å². The third kappa shape index (κ3) is 7.51. The molecule has 10 rings (SSSR count). The maximum atomic E-state index is 4.63. The summed E-state index contributed by atoms with van der Waals surface area (Å²) in [6.45, 7) is 0. The Morgan fingerprint density at radius 3 is 1.42 bits per heavy atom. The average Bonchev–Trinajstić information content (AvgIpc) is 3.93. The number of rotatable bonds is 0. The largest absolute Gasteiger partial charge is 0.355 e. The van der Waals surface area contributed by atoms with Gasteiger partial charge in [0, 0.05) is 61.8 Å². The minimum Gasteiger partial charge on any atom is -0.355 e. The van der Waals surface area contributed by atoms with Crippen LogP contribution in [0.3, 0.4) is 0 Å². The zero-order valence-corrected chi connectivity index (χ0v) is 30.3. The van der Waals surface area contributed by atoms with Gasteiger partial charge < -0.3 is 9.97 Å². The second kappa shape index (κ2) is 15.0. The fraction of sp³-hybridized carbons (Fsp3) is 0.0256. The van der Waals surface area contributed by atoms with E-state index in [0.717, 1.165) is 61.6 Å². The van der Waals surface area contributed by atoms with E-state index < -0.39 is 0 Å². The van der Waals surface area contributed by atoms with Crippen LogP contribution in [0.5, 0.6) is 0 Å². The van der Waals surface area contributed by atoms with Crippen LogP contribution in [-0.4, -0.2) is 40.9 Å². The molecule has 6 nitrogen and oxygen atoms in total. The van der Waals surface area contributed by atoms with Crippen LogP contribution in [0.2, 0.25) is 0 Å². The van der Waals surface area contributed by atoms with E-state index in [1.807, 2.05) is 60.0 Å². The van der Waals surface area contributed by atoms with Gasteiger partial charge in [0.25, 0.3) is 0 Å². The molecule has 7 aromatic rings. The van der Waals surface area contributed by atoms with Crippen LogP contribution in [0.4, 0.5) is 0 Å². The van der Waals surface area contributed by atoms with E-state index in [0.29, 0.717) is 0 Å². The molecule has 8 bridgehead atoms. The Balaban J connectivity index is 0.000000140. The summed E-state index contributed by atoms with van der Waals surface area (Å²) >= 11 is 1.61. The molecule has 9 heteroatoms. The molecule has 0 saturated carbocycles. The van der Waals surface area contributed by atoms with E-state index in [9.17, 15) is 0 Å². The topological polar surface area (TPSA) is 83.1 Å². The Labute approximate surface area is 306 Å². The molecule has 2 aromatic carbocycles. The van der Waals surface area contributed by atoms with Crippen molar-refractivity contribution in [3.63, 3.8) is 0 Å². The van der Waals surface area contributed by atoms with Gasteiger partial charge in [0.05, 0.1) is 28.3 Å². The van der Waals surface area contributed by atoms with Gasteiger partial charge in [-0.25, -0.2) is 15.0 Å². The Bertz CT molecular complexity index is 2190. The summed E-state index contributed by atoms with van der Waals surface area (Å²) in [7, 11) is 0. The summed E-state index contributed by atoms with van der Waals surface area (Å²) in [5, 5.41) is 1.99. The number of H-pyrrole nitrogens is 2. The van der Waals surface area contributed by atoms with Crippen LogP contribution < -0.4 is 0 Å². The van der Waals surface area contributed by atoms with E-state index in [1.54, 1.807) is 23.7 Å². The molecular weight excluding hydrogens is 725 g/mol. The third-order valence-corrected chi connectivity index (χ3v) is 8.65. The van der Waals surface area contributed by atoms with Gasteiger partial charge in [0.2, 0.25) is 0 Å². The van der Waals surface area contributed by atoms with Gasteiger partial charge in [-0.05, 0) is 124 Å². The van der Waals surface area contributed by atoms with E-state index in [4.69, 9.17) is 0 Å². The molecule has 7 heterocycles. The first-order valence-electron chi connectivity index (χ1n) is 15.1. The molecule has 0 unspecified atom stereocenters. The number of aromatic amines is 2. The van der Waals surface area contributed by atoms with Crippen molar-refractivity contribution in [3.05, 3.63) is 155 Å². The number of hydrogen-bond donors (Lipinski definition) is 2. The standard InChI is InChI=1S/C20H14N4.C13H10.C6H4N2S.Cd.H4Si/c1-2-14-10-16-5-6-18(23-16)12-20-8-7-19(24-20)11-17-4-3-15(22-17)9-13(1)21-14;1-3-7-12-10(5-1)9-11-6-2-4-8-13(11)12;1-4-9-6-5(1)7-2-3-8-6;;/h1-12,21,24H;1-8H,9H2;1-4H;;1H4. The van der Waals surface area contributed by atoms with Crippen LogP contribution in [0, 0.1) is 0 Å². The molecule has 0 atom stereocenters. The Morgan fingerprint density at radius 1 is 0.521 bits per heavy atom. The first kappa shape index (κ1) is 33.1. The second-order valence-electron chi connectivity index (χ2n) is 11.1. The van der Waals surface area contributed by atoms with Crippen molar-refractivity contribution in [2.24, 2.45) is 0 Å². The number of nitrogens with one attached hydrogen (secondary N) is 2. The van der Waals surface area contributed by atoms with Gasteiger partial charge in [-0.15, -0.1) is 11.3 Å². The predicted molar refractivity (Wildman–Crippen MR) is 202 cm³/mol. The molecule has 0 fully saturated rings. The average molecular weight is 757 g/mol. The number of nitrogens with zero attached hydrogens (tertiary/aromatic N) is 4. The molecule has 48 heavy (non-hydrogen) atoms. The molecule has 0 saturated heterocycles. The zero-order valence-electron chi connectivity index (χ0n) is 25.5. The quantitative estimate of drug-likeness (QED) is 0.153. The van der Waals surface area contributed by atoms with E-state index in [1.165, 1.54) is 22.3 Å². The van der Waals surface area contributed by atoms with Crippen LogP contribution >= 0.6 is 11.3 Å². The van der Waals surface area contributed by atoms with Crippen molar-refractivity contribution in [2.75, 3.05) is 0 Å². The summed E-state index contributed by atoms with van der Waals surface area (Å²) in [5.41, 5.74) is 14.6. The Hall–Kier alpha value is -4.78. The normalized spacial score (nSPS) is 11.6. The second-order valence-corrected chi connectivity index (χ2v) is 12.0. The maximum Gasteiger partial charge on any atom is 0.141 e. The van der Waals surface area contributed by atoms with Crippen LogP contribution in [0.1, 0.15) is 33.9 Å². The number of aromatic nitrogens is 6. The summed E-state index contributed by atoms with van der Waals surface area (Å²) in [6.07, 6.45) is 12.6. The molecule has 2 aliphatic heterocycles. The Morgan fingerprint density at radius 2 is 0.958 bits per heavy atom. The van der Waals surface area contributed by atoms with Crippen molar-refractivity contribution >= 4 is 79.0 Å². The molecule has 2 N–H and O–H groups in total. The van der Waals surface area contributed by atoms with E-state index in [-0.39, 0.29) is 38.3 Å². The van der Waals surface area contributed by atoms with Crippen molar-refractivity contribution in [2.45, 2.75) is 6.42 Å². The number of hydrogen-bond acceptors (Lipinski definition) is 5. The molecule has 0 amide bonds. The summed E-state index contributed by atoms with van der Waals surface area (Å²) in [4.78, 5) is 25.2. The third-order valence-electron chi connectivity index (χ3n) is 7.84. The minimum absolute atomic E-state index is 0. The van der Waals surface area contributed by atoms with Crippen LogP contribution in [-0.2, 0) is 33.7 Å². The smallest absolute Gasteiger partial charge is 0.141 e. The molecule has 1 aliphatic carbocycles. The van der Waals surface area contributed by atoms with E-state index >= 15 is 0 Å². The van der Waals surface area contributed by atoms with Gasteiger partial charge in [-0.3, -0.25) is 4.98 Å². The van der Waals surface area contributed by atoms with Gasteiger partial charge in [0.15, 0.2) is 0 Å².